The number of rotatable bonds is 4. The highest BCUT2D eigenvalue weighted by Crippen LogP contribution is 2.24. The maximum absolute atomic E-state index is 12.3. The van der Waals surface area contributed by atoms with Crippen LogP contribution >= 0.6 is 34.8 Å². The molecule has 1 amide bonds. The highest BCUT2D eigenvalue weighted by molar-refractivity contribution is 6.42. The van der Waals surface area contributed by atoms with Crippen LogP contribution in [0.25, 0.3) is 16.7 Å². The zero-order valence-electron chi connectivity index (χ0n) is 14.0. The summed E-state index contributed by atoms with van der Waals surface area (Å²) in [4.78, 5) is 20.8. The molecule has 140 valence electrons. The van der Waals surface area contributed by atoms with Gasteiger partial charge < -0.3 is 0 Å². The van der Waals surface area contributed by atoms with Crippen LogP contribution in [0.15, 0.2) is 55.0 Å². The second-order valence-corrected chi connectivity index (χ2v) is 6.95. The minimum Gasteiger partial charge on any atom is -0.281 e. The molecule has 4 rings (SSSR count). The number of hydrogen-bond acceptors (Lipinski definition) is 5. The molecule has 7 nitrogen and oxygen atoms in total. The Bertz CT molecular complexity index is 1190. The van der Waals surface area contributed by atoms with Crippen molar-refractivity contribution in [2.45, 2.75) is 0 Å². The molecular weight excluding hydrogens is 423 g/mol. The normalized spacial score (nSPS) is 10.8. The Morgan fingerprint density at radius 3 is 2.64 bits per heavy atom. The Kier molecular flexibility index (Phi) is 5.04. The van der Waals surface area contributed by atoms with Gasteiger partial charge in [-0.05, 0) is 36.4 Å². The highest BCUT2D eigenvalue weighted by Gasteiger charge is 2.13. The molecule has 0 saturated heterocycles. The van der Waals surface area contributed by atoms with Crippen LogP contribution in [-0.4, -0.2) is 25.7 Å². The van der Waals surface area contributed by atoms with Crippen molar-refractivity contribution in [2.24, 2.45) is 0 Å². The molecule has 0 saturated carbocycles. The van der Waals surface area contributed by atoms with Gasteiger partial charge in [0.2, 0.25) is 0 Å². The van der Waals surface area contributed by atoms with E-state index in [1.54, 1.807) is 35.1 Å². The molecule has 0 spiro atoms. The van der Waals surface area contributed by atoms with Crippen molar-refractivity contribution in [1.29, 1.82) is 0 Å². The van der Waals surface area contributed by atoms with Crippen molar-refractivity contribution in [1.82, 2.24) is 25.2 Å². The average Bonchev–Trinajstić information content (AvgIpc) is 3.13. The number of aromatic nitrogens is 4. The summed E-state index contributed by atoms with van der Waals surface area (Å²) in [6, 6.07) is 11.8. The van der Waals surface area contributed by atoms with Crippen LogP contribution in [0.3, 0.4) is 0 Å². The van der Waals surface area contributed by atoms with E-state index in [9.17, 15) is 4.79 Å². The maximum Gasteiger partial charge on any atom is 0.269 e. The van der Waals surface area contributed by atoms with Gasteiger partial charge in [-0.25, -0.2) is 14.6 Å². The molecule has 2 aromatic carbocycles. The summed E-state index contributed by atoms with van der Waals surface area (Å²) in [5.41, 5.74) is 7.03. The second kappa shape index (κ2) is 7.63. The summed E-state index contributed by atoms with van der Waals surface area (Å²) in [5.74, 6) is -0.000694. The number of carbonyl (C=O) groups excluding carboxylic acids is 1. The minimum atomic E-state index is -0.396. The van der Waals surface area contributed by atoms with Crippen LogP contribution in [0.4, 0.5) is 5.82 Å². The predicted octanol–water partition coefficient (Wildman–Crippen LogP) is 4.53. The van der Waals surface area contributed by atoms with E-state index in [4.69, 9.17) is 34.8 Å². The smallest absolute Gasteiger partial charge is 0.269 e. The molecule has 0 atom stereocenters. The van der Waals surface area contributed by atoms with E-state index in [2.05, 4.69) is 25.9 Å². The van der Waals surface area contributed by atoms with Gasteiger partial charge in [-0.3, -0.25) is 15.6 Å². The number of benzene rings is 2. The van der Waals surface area contributed by atoms with Gasteiger partial charge in [-0.2, -0.15) is 5.10 Å². The number of fused-ring (bicyclic) bond motifs is 1. The molecule has 0 aliphatic carbocycles. The third-order valence-corrected chi connectivity index (χ3v) is 4.87. The summed E-state index contributed by atoms with van der Waals surface area (Å²) in [5, 5.41) is 6.22. The molecule has 28 heavy (non-hydrogen) atoms. The number of nitrogens with zero attached hydrogens (tertiary/aromatic N) is 4. The number of hydrazine groups is 1. The van der Waals surface area contributed by atoms with E-state index in [1.165, 1.54) is 12.4 Å². The molecule has 2 heterocycles. The van der Waals surface area contributed by atoms with Crippen LogP contribution in [0, 0.1) is 0 Å². The maximum atomic E-state index is 12.3. The zero-order valence-corrected chi connectivity index (χ0v) is 16.3. The van der Waals surface area contributed by atoms with E-state index in [0.29, 0.717) is 37.5 Å². The lowest BCUT2D eigenvalue weighted by Gasteiger charge is -2.09. The molecule has 0 fully saturated rings. The Balaban J connectivity index is 1.59. The van der Waals surface area contributed by atoms with Crippen molar-refractivity contribution >= 4 is 57.6 Å². The van der Waals surface area contributed by atoms with Gasteiger partial charge in [0.05, 0.1) is 27.3 Å². The van der Waals surface area contributed by atoms with E-state index in [-0.39, 0.29) is 0 Å². The first-order valence-electron chi connectivity index (χ1n) is 7.99. The number of hydrogen-bond donors (Lipinski definition) is 2. The van der Waals surface area contributed by atoms with Gasteiger partial charge in [0.15, 0.2) is 11.5 Å². The molecule has 10 heteroatoms. The first-order chi connectivity index (χ1) is 13.5. The van der Waals surface area contributed by atoms with E-state index < -0.39 is 5.91 Å². The fraction of sp³-hybridized carbons (Fsp3) is 0. The predicted molar refractivity (Wildman–Crippen MR) is 109 cm³/mol. The molecule has 2 aromatic heterocycles. The van der Waals surface area contributed by atoms with Crippen molar-refractivity contribution < 1.29 is 4.79 Å². The molecular formula is C18H11Cl3N6O. The van der Waals surface area contributed by atoms with E-state index >= 15 is 0 Å². The molecule has 4 aromatic rings. The lowest BCUT2D eigenvalue weighted by Crippen LogP contribution is -2.29. The summed E-state index contributed by atoms with van der Waals surface area (Å²) >= 11 is 17.9. The Morgan fingerprint density at radius 1 is 1.00 bits per heavy atom. The van der Waals surface area contributed by atoms with Gasteiger partial charge in [0.25, 0.3) is 5.91 Å². The van der Waals surface area contributed by atoms with Crippen LogP contribution in [0.2, 0.25) is 15.1 Å². The van der Waals surface area contributed by atoms with Crippen LogP contribution < -0.4 is 10.9 Å². The summed E-state index contributed by atoms with van der Waals surface area (Å²) in [6.07, 6.45) is 2.97. The van der Waals surface area contributed by atoms with Gasteiger partial charge in [-0.1, -0.05) is 40.9 Å². The van der Waals surface area contributed by atoms with Crippen molar-refractivity contribution in [2.75, 3.05) is 5.43 Å². The Morgan fingerprint density at radius 2 is 1.86 bits per heavy atom. The molecule has 2 N–H and O–H groups in total. The molecule has 0 aliphatic rings. The topological polar surface area (TPSA) is 84.7 Å². The number of halogens is 3. The molecule has 0 bridgehead atoms. The van der Waals surface area contributed by atoms with Crippen molar-refractivity contribution in [3.8, 4) is 5.69 Å². The monoisotopic (exact) mass is 432 g/mol. The minimum absolute atomic E-state index is 0.293. The summed E-state index contributed by atoms with van der Waals surface area (Å²) in [7, 11) is 0. The first kappa shape index (κ1) is 18.5. The summed E-state index contributed by atoms with van der Waals surface area (Å²) < 4.78 is 1.63. The largest absolute Gasteiger partial charge is 0.281 e. The van der Waals surface area contributed by atoms with E-state index in [0.717, 1.165) is 5.69 Å². The molecule has 0 radical (unpaired) electrons. The van der Waals surface area contributed by atoms with Crippen LogP contribution in [0.5, 0.6) is 0 Å². The lowest BCUT2D eigenvalue weighted by atomic mass is 10.2. The first-order valence-corrected chi connectivity index (χ1v) is 9.12. The fourth-order valence-corrected chi connectivity index (χ4v) is 3.05. The number of amides is 1. The van der Waals surface area contributed by atoms with Gasteiger partial charge in [0, 0.05) is 10.6 Å². The lowest BCUT2D eigenvalue weighted by molar-refractivity contribution is 0.0962. The summed E-state index contributed by atoms with van der Waals surface area (Å²) in [6.45, 7) is 0. The Hall–Kier alpha value is -2.87. The third-order valence-electron chi connectivity index (χ3n) is 3.89. The molecule has 0 unspecified atom stereocenters. The van der Waals surface area contributed by atoms with Crippen molar-refractivity contribution in [3.63, 3.8) is 0 Å². The van der Waals surface area contributed by atoms with Gasteiger partial charge in [-0.15, -0.1) is 0 Å². The Labute approximate surface area is 174 Å². The van der Waals surface area contributed by atoms with Gasteiger partial charge in [0.1, 0.15) is 6.33 Å². The second-order valence-electron chi connectivity index (χ2n) is 5.70. The highest BCUT2D eigenvalue weighted by atomic mass is 35.5. The number of anilines is 1. The standard InChI is InChI=1S/C18H11Cl3N6O/c19-11-2-1-3-12(7-11)27-17-13(8-24-27)16(22-9-23-17)25-26-18(28)10-4-5-14(20)15(21)6-10/h1-9H,(H,26,28)(H,22,23,25). The SMILES string of the molecule is O=C(NNc1ncnc2c1cnn2-c1cccc(Cl)c1)c1ccc(Cl)c(Cl)c1. The number of carbonyl (C=O) groups is 1. The van der Waals surface area contributed by atoms with Crippen LogP contribution in [0.1, 0.15) is 10.4 Å². The van der Waals surface area contributed by atoms with Gasteiger partial charge >= 0.3 is 0 Å². The fourth-order valence-electron chi connectivity index (χ4n) is 2.57. The third kappa shape index (κ3) is 3.60. The average molecular weight is 434 g/mol. The van der Waals surface area contributed by atoms with Crippen LogP contribution in [-0.2, 0) is 0 Å². The molecule has 0 aliphatic heterocycles. The van der Waals surface area contributed by atoms with Crippen molar-refractivity contribution in [3.05, 3.63) is 75.6 Å². The van der Waals surface area contributed by atoms with E-state index in [1.807, 2.05) is 12.1 Å². The zero-order chi connectivity index (χ0) is 19.7. The number of nitrogens with one attached hydrogen (secondary N) is 2. The quantitative estimate of drug-likeness (QED) is 0.462.